The van der Waals surface area contributed by atoms with E-state index in [2.05, 4.69) is 4.98 Å². The lowest BCUT2D eigenvalue weighted by atomic mass is 10.1. The maximum absolute atomic E-state index is 13.3. The van der Waals surface area contributed by atoms with E-state index in [1.54, 1.807) is 36.5 Å². The maximum atomic E-state index is 13.3. The molecule has 1 aromatic heterocycles. The fourth-order valence-electron chi connectivity index (χ4n) is 2.99. The molecule has 1 aliphatic carbocycles. The van der Waals surface area contributed by atoms with Crippen molar-refractivity contribution in [1.29, 1.82) is 0 Å². The van der Waals surface area contributed by atoms with E-state index in [1.165, 1.54) is 12.8 Å². The van der Waals surface area contributed by atoms with E-state index < -0.39 is 0 Å². The fraction of sp³-hybridized carbons (Fsp3) is 0.217. The van der Waals surface area contributed by atoms with Gasteiger partial charge in [-0.3, -0.25) is 14.7 Å². The van der Waals surface area contributed by atoms with Crippen LogP contribution in [0.1, 0.15) is 23.2 Å². The summed E-state index contributed by atoms with van der Waals surface area (Å²) < 4.78 is 11.4. The molecule has 0 atom stereocenters. The number of carbonyl (C=O) groups is 1. The van der Waals surface area contributed by atoms with Crippen molar-refractivity contribution in [1.82, 2.24) is 4.98 Å². The minimum atomic E-state index is -0.155. The summed E-state index contributed by atoms with van der Waals surface area (Å²) in [5.74, 6) is 1.77. The molecular formula is C23H22N2O3. The Bertz CT molecular complexity index is 941. The molecule has 4 rings (SSSR count). The lowest BCUT2D eigenvalue weighted by molar-refractivity contribution is 0.0999. The third kappa shape index (κ3) is 3.98. The average molecular weight is 374 g/mol. The number of pyridine rings is 1. The highest BCUT2D eigenvalue weighted by molar-refractivity contribution is 6.10. The topological polar surface area (TPSA) is 51.7 Å². The van der Waals surface area contributed by atoms with Gasteiger partial charge in [-0.05, 0) is 55.2 Å². The number of para-hydroxylation sites is 1. The zero-order valence-corrected chi connectivity index (χ0v) is 15.7. The van der Waals surface area contributed by atoms with E-state index in [9.17, 15) is 4.79 Å². The number of nitrogens with zero attached hydrogens (tertiary/aromatic N) is 2. The van der Waals surface area contributed by atoms with Gasteiger partial charge >= 0.3 is 0 Å². The SMILES string of the molecule is COc1ccc(N(C(=O)c2cccnc2)c2ccccc2)cc1OCC1CC1. The number of hydrogen-bond acceptors (Lipinski definition) is 4. The van der Waals surface area contributed by atoms with Crippen LogP contribution < -0.4 is 14.4 Å². The first-order valence-corrected chi connectivity index (χ1v) is 9.36. The fourth-order valence-corrected chi connectivity index (χ4v) is 2.99. The molecule has 1 fully saturated rings. The van der Waals surface area contributed by atoms with Gasteiger partial charge in [0.05, 0.1) is 25.0 Å². The molecule has 5 heteroatoms. The van der Waals surface area contributed by atoms with E-state index in [1.807, 2.05) is 48.5 Å². The molecule has 0 radical (unpaired) electrons. The second-order valence-corrected chi connectivity index (χ2v) is 6.81. The van der Waals surface area contributed by atoms with E-state index in [-0.39, 0.29) is 5.91 Å². The van der Waals surface area contributed by atoms with Crippen molar-refractivity contribution in [2.45, 2.75) is 12.8 Å². The lowest BCUT2D eigenvalue weighted by Crippen LogP contribution is -2.26. The average Bonchev–Trinajstić information content (AvgIpc) is 3.58. The Hall–Kier alpha value is -3.34. The zero-order valence-electron chi connectivity index (χ0n) is 15.7. The molecule has 0 N–H and O–H groups in total. The molecule has 0 aliphatic heterocycles. The quantitative estimate of drug-likeness (QED) is 0.593. The van der Waals surface area contributed by atoms with Crippen molar-refractivity contribution >= 4 is 17.3 Å². The summed E-state index contributed by atoms with van der Waals surface area (Å²) in [7, 11) is 1.62. The van der Waals surface area contributed by atoms with Crippen LogP contribution >= 0.6 is 0 Å². The van der Waals surface area contributed by atoms with Crippen molar-refractivity contribution in [2.24, 2.45) is 5.92 Å². The third-order valence-corrected chi connectivity index (χ3v) is 4.70. The largest absolute Gasteiger partial charge is 0.493 e. The van der Waals surface area contributed by atoms with Crippen molar-refractivity contribution in [3.8, 4) is 11.5 Å². The first kappa shape index (κ1) is 18.0. The standard InChI is InChI=1S/C23H22N2O3/c1-27-21-12-11-20(14-22(21)28-16-17-9-10-17)25(19-7-3-2-4-8-19)23(26)18-6-5-13-24-15-18/h2-8,11-15,17H,9-10,16H2,1H3. The van der Waals surface area contributed by atoms with Crippen LogP contribution in [-0.2, 0) is 0 Å². The van der Waals surface area contributed by atoms with Gasteiger partial charge in [-0.2, -0.15) is 0 Å². The second-order valence-electron chi connectivity index (χ2n) is 6.81. The molecule has 3 aromatic rings. The molecule has 1 aliphatic rings. The molecule has 1 heterocycles. The summed E-state index contributed by atoms with van der Waals surface area (Å²) in [5, 5.41) is 0. The van der Waals surface area contributed by atoms with E-state index >= 15 is 0 Å². The molecule has 28 heavy (non-hydrogen) atoms. The second kappa shape index (κ2) is 8.13. The number of amides is 1. The summed E-state index contributed by atoms with van der Waals surface area (Å²) in [6.45, 7) is 0.668. The number of hydrogen-bond donors (Lipinski definition) is 0. The lowest BCUT2D eigenvalue weighted by Gasteiger charge is -2.24. The van der Waals surface area contributed by atoms with Crippen LogP contribution in [0.15, 0.2) is 73.1 Å². The summed E-state index contributed by atoms with van der Waals surface area (Å²) in [6.07, 6.45) is 5.64. The number of anilines is 2. The highest BCUT2D eigenvalue weighted by Gasteiger charge is 2.24. The van der Waals surface area contributed by atoms with E-state index in [4.69, 9.17) is 9.47 Å². The highest BCUT2D eigenvalue weighted by Crippen LogP contribution is 2.37. The van der Waals surface area contributed by atoms with Gasteiger partial charge in [-0.1, -0.05) is 18.2 Å². The molecule has 2 aromatic carbocycles. The van der Waals surface area contributed by atoms with Gasteiger partial charge in [0, 0.05) is 24.1 Å². The number of ether oxygens (including phenoxy) is 2. The predicted octanol–water partition coefficient (Wildman–Crippen LogP) is 4.86. The maximum Gasteiger partial charge on any atom is 0.264 e. The Morgan fingerprint density at radius 1 is 1.04 bits per heavy atom. The molecular weight excluding hydrogens is 352 g/mol. The molecule has 5 nitrogen and oxygen atoms in total. The van der Waals surface area contributed by atoms with Gasteiger partial charge in [0.2, 0.25) is 0 Å². The summed E-state index contributed by atoms with van der Waals surface area (Å²) in [6, 6.07) is 18.6. The van der Waals surface area contributed by atoms with Crippen molar-refractivity contribution in [2.75, 3.05) is 18.6 Å². The molecule has 1 saturated carbocycles. The summed E-state index contributed by atoms with van der Waals surface area (Å²) in [4.78, 5) is 19.1. The van der Waals surface area contributed by atoms with Crippen LogP contribution in [0.5, 0.6) is 11.5 Å². The van der Waals surface area contributed by atoms with Gasteiger partial charge in [-0.15, -0.1) is 0 Å². The van der Waals surface area contributed by atoms with Crippen LogP contribution in [0.25, 0.3) is 0 Å². The molecule has 0 spiro atoms. The highest BCUT2D eigenvalue weighted by atomic mass is 16.5. The Kier molecular flexibility index (Phi) is 5.24. The Morgan fingerprint density at radius 3 is 2.54 bits per heavy atom. The zero-order chi connectivity index (χ0) is 19.3. The molecule has 0 saturated heterocycles. The van der Waals surface area contributed by atoms with Crippen LogP contribution in [0, 0.1) is 5.92 Å². The number of carbonyl (C=O) groups excluding carboxylic acids is 1. The number of aromatic nitrogens is 1. The number of rotatable bonds is 7. The Morgan fingerprint density at radius 2 is 1.86 bits per heavy atom. The molecule has 142 valence electrons. The van der Waals surface area contributed by atoms with Crippen molar-refractivity contribution in [3.05, 3.63) is 78.6 Å². The molecule has 0 bridgehead atoms. The van der Waals surface area contributed by atoms with Gasteiger partial charge in [-0.25, -0.2) is 0 Å². The molecule has 1 amide bonds. The normalized spacial score (nSPS) is 13.0. The third-order valence-electron chi connectivity index (χ3n) is 4.70. The van der Waals surface area contributed by atoms with E-state index in [0.717, 1.165) is 5.69 Å². The minimum Gasteiger partial charge on any atom is -0.493 e. The molecule has 0 unspecified atom stereocenters. The number of benzene rings is 2. The minimum absolute atomic E-state index is 0.155. The van der Waals surface area contributed by atoms with Crippen LogP contribution in [-0.4, -0.2) is 24.6 Å². The van der Waals surface area contributed by atoms with Gasteiger partial charge in [0.1, 0.15) is 0 Å². The van der Waals surface area contributed by atoms with E-state index in [0.29, 0.717) is 35.3 Å². The first-order valence-electron chi connectivity index (χ1n) is 9.36. The number of methoxy groups -OCH3 is 1. The Balaban J connectivity index is 1.73. The van der Waals surface area contributed by atoms with Gasteiger partial charge < -0.3 is 9.47 Å². The van der Waals surface area contributed by atoms with Crippen molar-refractivity contribution in [3.63, 3.8) is 0 Å². The van der Waals surface area contributed by atoms with Gasteiger partial charge in [0.25, 0.3) is 5.91 Å². The van der Waals surface area contributed by atoms with Crippen LogP contribution in [0.2, 0.25) is 0 Å². The van der Waals surface area contributed by atoms with Crippen LogP contribution in [0.4, 0.5) is 11.4 Å². The monoisotopic (exact) mass is 374 g/mol. The van der Waals surface area contributed by atoms with Crippen molar-refractivity contribution < 1.29 is 14.3 Å². The first-order chi connectivity index (χ1) is 13.8. The predicted molar refractivity (Wildman–Crippen MR) is 108 cm³/mol. The summed E-state index contributed by atoms with van der Waals surface area (Å²) in [5.41, 5.74) is 2.00. The smallest absolute Gasteiger partial charge is 0.264 e. The van der Waals surface area contributed by atoms with Gasteiger partial charge in [0.15, 0.2) is 11.5 Å². The Labute approximate surface area is 164 Å². The van der Waals surface area contributed by atoms with Crippen LogP contribution in [0.3, 0.4) is 0 Å². The summed E-state index contributed by atoms with van der Waals surface area (Å²) >= 11 is 0.